The van der Waals surface area contributed by atoms with Gasteiger partial charge in [-0.25, -0.2) is 4.79 Å². The first-order valence-electron chi connectivity index (χ1n) is 11.0. The van der Waals surface area contributed by atoms with Gasteiger partial charge in [0.05, 0.1) is 28.4 Å². The Kier molecular flexibility index (Phi) is 7.25. The van der Waals surface area contributed by atoms with Crippen LogP contribution in [0.15, 0.2) is 18.2 Å². The van der Waals surface area contributed by atoms with Gasteiger partial charge in [0.2, 0.25) is 12.5 Å². The molecule has 13 heteroatoms. The van der Waals surface area contributed by atoms with Gasteiger partial charge in [-0.3, -0.25) is 4.79 Å². The predicted molar refractivity (Wildman–Crippen MR) is 119 cm³/mol. The van der Waals surface area contributed by atoms with Crippen LogP contribution in [0.3, 0.4) is 0 Å². The Hall–Kier alpha value is -3.87. The third kappa shape index (κ3) is 4.90. The van der Waals surface area contributed by atoms with Gasteiger partial charge in [0.15, 0.2) is 23.0 Å². The second kappa shape index (κ2) is 10.2. The van der Waals surface area contributed by atoms with E-state index >= 15 is 0 Å². The molecule has 2 aliphatic heterocycles. The normalized spacial score (nSPS) is 17.7. The van der Waals surface area contributed by atoms with Gasteiger partial charge in [-0.05, 0) is 24.1 Å². The van der Waals surface area contributed by atoms with Crippen molar-refractivity contribution in [2.75, 3.05) is 41.8 Å². The zero-order valence-electron chi connectivity index (χ0n) is 20.3. The van der Waals surface area contributed by atoms with E-state index in [-0.39, 0.29) is 36.8 Å². The molecule has 1 amide bonds. The highest BCUT2D eigenvalue weighted by atomic mass is 19.4. The Morgan fingerprint density at radius 1 is 1.03 bits per heavy atom. The monoisotopic (exact) mass is 527 g/mol. The summed E-state index contributed by atoms with van der Waals surface area (Å²) in [5, 5.41) is 1.86. The number of amides is 1. The fourth-order valence-electron chi connectivity index (χ4n) is 4.27. The van der Waals surface area contributed by atoms with Gasteiger partial charge in [0.25, 0.3) is 0 Å². The lowest BCUT2D eigenvalue weighted by Crippen LogP contribution is -2.37. The molecular weight excluding hydrogens is 503 g/mol. The van der Waals surface area contributed by atoms with E-state index in [2.05, 4.69) is 0 Å². The number of rotatable bonds is 9. The standard InChI is InChI=1S/C24H24F3NO9/c1-31-13-6-5-12(16(18(13)32-2)22(29)34-4)17-21(37-17)15-11(7-8-28-23(30)24(25,26)27)9-14-19(20(15)33-3)36-10-35-14/h5-6,9,17,21H,7-8,10H2,1-4H3,(H,28,30). The molecule has 2 unspecified atom stereocenters. The maximum absolute atomic E-state index is 12.7. The Morgan fingerprint density at radius 3 is 2.38 bits per heavy atom. The Morgan fingerprint density at radius 2 is 1.76 bits per heavy atom. The summed E-state index contributed by atoms with van der Waals surface area (Å²) >= 11 is 0. The van der Waals surface area contributed by atoms with Gasteiger partial charge < -0.3 is 38.5 Å². The minimum Gasteiger partial charge on any atom is -0.493 e. The number of carbonyl (C=O) groups is 2. The third-order valence-corrected chi connectivity index (χ3v) is 5.94. The number of hydrogen-bond donors (Lipinski definition) is 1. The summed E-state index contributed by atoms with van der Waals surface area (Å²) in [4.78, 5) is 24.0. The predicted octanol–water partition coefficient (Wildman–Crippen LogP) is 3.26. The van der Waals surface area contributed by atoms with Crippen LogP contribution in [0.5, 0.6) is 28.7 Å². The molecular formula is C24H24F3NO9. The number of epoxide rings is 1. The largest absolute Gasteiger partial charge is 0.493 e. The fourth-order valence-corrected chi connectivity index (χ4v) is 4.27. The first-order valence-corrected chi connectivity index (χ1v) is 11.0. The molecule has 2 aliphatic rings. The number of fused-ring (bicyclic) bond motifs is 1. The van der Waals surface area contributed by atoms with Crippen LogP contribution < -0.4 is 29.0 Å². The molecule has 4 rings (SSSR count). The summed E-state index contributed by atoms with van der Waals surface area (Å²) < 4.78 is 76.1. The molecule has 0 bridgehead atoms. The Balaban J connectivity index is 1.72. The van der Waals surface area contributed by atoms with Crippen LogP contribution in [-0.4, -0.2) is 59.8 Å². The van der Waals surface area contributed by atoms with Crippen LogP contribution in [0.4, 0.5) is 13.2 Å². The van der Waals surface area contributed by atoms with Gasteiger partial charge in [0, 0.05) is 17.7 Å². The maximum atomic E-state index is 12.7. The van der Waals surface area contributed by atoms with E-state index in [1.165, 1.54) is 28.4 Å². The molecule has 0 saturated carbocycles. The topological polar surface area (TPSA) is 114 Å². The summed E-state index contributed by atoms with van der Waals surface area (Å²) in [6.45, 7) is -0.383. The van der Waals surface area contributed by atoms with E-state index in [9.17, 15) is 22.8 Å². The van der Waals surface area contributed by atoms with Crippen molar-refractivity contribution < 1.29 is 55.9 Å². The molecule has 0 aromatic heterocycles. The zero-order valence-corrected chi connectivity index (χ0v) is 20.3. The second-order valence-corrected chi connectivity index (χ2v) is 7.95. The van der Waals surface area contributed by atoms with E-state index in [1.54, 1.807) is 18.2 Å². The zero-order chi connectivity index (χ0) is 26.9. The summed E-state index contributed by atoms with van der Waals surface area (Å²) in [6, 6.07) is 4.86. The molecule has 37 heavy (non-hydrogen) atoms. The summed E-state index contributed by atoms with van der Waals surface area (Å²) in [7, 11) is 5.44. The molecule has 0 spiro atoms. The highest BCUT2D eigenvalue weighted by Gasteiger charge is 2.48. The van der Waals surface area contributed by atoms with Crippen LogP contribution in [0, 0.1) is 0 Å². The molecule has 1 fully saturated rings. The minimum atomic E-state index is -5.00. The molecule has 0 radical (unpaired) electrons. The van der Waals surface area contributed by atoms with Crippen molar-refractivity contribution in [3.63, 3.8) is 0 Å². The Labute approximate surface area is 209 Å². The summed E-state index contributed by atoms with van der Waals surface area (Å²) in [5.74, 6) is -1.31. The summed E-state index contributed by atoms with van der Waals surface area (Å²) in [6.07, 6.45) is -6.32. The van der Waals surface area contributed by atoms with Crippen LogP contribution in [-0.2, 0) is 20.7 Å². The maximum Gasteiger partial charge on any atom is 0.471 e. The molecule has 2 atom stereocenters. The molecule has 1 saturated heterocycles. The molecule has 2 heterocycles. The van der Waals surface area contributed by atoms with Gasteiger partial charge in [0.1, 0.15) is 17.8 Å². The van der Waals surface area contributed by atoms with E-state index in [0.717, 1.165) is 0 Å². The smallest absolute Gasteiger partial charge is 0.471 e. The highest BCUT2D eigenvalue weighted by Crippen LogP contribution is 2.59. The number of alkyl halides is 3. The van der Waals surface area contributed by atoms with Crippen molar-refractivity contribution in [2.45, 2.75) is 24.8 Å². The van der Waals surface area contributed by atoms with Crippen LogP contribution in [0.25, 0.3) is 0 Å². The van der Waals surface area contributed by atoms with E-state index in [0.29, 0.717) is 33.9 Å². The van der Waals surface area contributed by atoms with E-state index in [4.69, 9.17) is 33.2 Å². The van der Waals surface area contributed by atoms with Gasteiger partial charge >= 0.3 is 18.1 Å². The molecule has 0 aliphatic carbocycles. The number of benzene rings is 2. The molecule has 2 aromatic rings. The fraction of sp³-hybridized carbons (Fsp3) is 0.417. The van der Waals surface area contributed by atoms with Crippen molar-refractivity contribution in [3.8, 4) is 28.7 Å². The van der Waals surface area contributed by atoms with Crippen molar-refractivity contribution >= 4 is 11.9 Å². The van der Waals surface area contributed by atoms with Crippen LogP contribution in [0.1, 0.15) is 39.3 Å². The number of ether oxygens (including phenoxy) is 7. The van der Waals surface area contributed by atoms with Gasteiger partial charge in [-0.2, -0.15) is 13.2 Å². The first-order chi connectivity index (χ1) is 17.7. The van der Waals surface area contributed by atoms with Gasteiger partial charge in [-0.1, -0.05) is 6.07 Å². The number of hydrogen-bond acceptors (Lipinski definition) is 9. The van der Waals surface area contributed by atoms with Crippen molar-refractivity contribution in [3.05, 3.63) is 40.5 Å². The Bertz CT molecular complexity index is 1220. The molecule has 1 N–H and O–H groups in total. The van der Waals surface area contributed by atoms with Crippen LogP contribution in [0.2, 0.25) is 0 Å². The minimum absolute atomic E-state index is 0.00647. The molecule has 10 nitrogen and oxygen atoms in total. The van der Waals surface area contributed by atoms with Crippen LogP contribution >= 0.6 is 0 Å². The number of nitrogens with one attached hydrogen (secondary N) is 1. The number of carbonyl (C=O) groups excluding carboxylic acids is 2. The highest BCUT2D eigenvalue weighted by molar-refractivity contribution is 5.95. The van der Waals surface area contributed by atoms with E-state index < -0.39 is 30.3 Å². The van der Waals surface area contributed by atoms with Crippen molar-refractivity contribution in [2.24, 2.45) is 0 Å². The van der Waals surface area contributed by atoms with Crippen molar-refractivity contribution in [1.82, 2.24) is 5.32 Å². The van der Waals surface area contributed by atoms with Gasteiger partial charge in [-0.15, -0.1) is 0 Å². The molecule has 2 aromatic carbocycles. The summed E-state index contributed by atoms with van der Waals surface area (Å²) in [5.41, 5.74) is 1.56. The average Bonchev–Trinajstić information content (AvgIpc) is 3.52. The number of methoxy groups -OCH3 is 4. The average molecular weight is 527 g/mol. The lowest BCUT2D eigenvalue weighted by atomic mass is 9.93. The number of esters is 1. The quantitative estimate of drug-likeness (QED) is 0.388. The number of halogens is 3. The first kappa shape index (κ1) is 26.2. The SMILES string of the molecule is COC(=O)c1c(C2OC2c2c(CCNC(=O)C(F)(F)F)cc3c(c2OC)OCO3)ccc(OC)c1OC. The second-order valence-electron chi connectivity index (χ2n) is 7.95. The van der Waals surface area contributed by atoms with E-state index in [1.807, 2.05) is 5.32 Å². The lowest BCUT2D eigenvalue weighted by Gasteiger charge is -2.17. The van der Waals surface area contributed by atoms with Crippen molar-refractivity contribution in [1.29, 1.82) is 0 Å². The lowest BCUT2D eigenvalue weighted by molar-refractivity contribution is -0.173. The third-order valence-electron chi connectivity index (χ3n) is 5.94. The molecule has 200 valence electrons.